The number of rotatable bonds is 7. The van der Waals surface area contributed by atoms with Crippen molar-refractivity contribution in [3.8, 4) is 0 Å². The van der Waals surface area contributed by atoms with Crippen molar-refractivity contribution in [1.29, 1.82) is 0 Å². The van der Waals surface area contributed by atoms with Crippen LogP contribution < -0.4 is 11.1 Å². The van der Waals surface area contributed by atoms with Crippen LogP contribution in [0.4, 0.5) is 0 Å². The fraction of sp³-hybridized carbons (Fsp3) is 0.632. The Morgan fingerprint density at radius 2 is 2.00 bits per heavy atom. The monoisotopic (exact) mass is 348 g/mol. The smallest absolute Gasteiger partial charge is 0.240 e. The number of benzene rings is 1. The third-order valence-corrected chi connectivity index (χ3v) is 7.18. The van der Waals surface area contributed by atoms with E-state index < -0.39 is 5.54 Å². The zero-order valence-corrected chi connectivity index (χ0v) is 15.6. The van der Waals surface area contributed by atoms with Crippen molar-refractivity contribution in [2.75, 3.05) is 13.2 Å². The summed E-state index contributed by atoms with van der Waals surface area (Å²) in [4.78, 5) is 14.0. The summed E-state index contributed by atoms with van der Waals surface area (Å²) >= 11 is 1.86. The van der Waals surface area contributed by atoms with Crippen LogP contribution in [0.1, 0.15) is 40.0 Å². The summed E-state index contributed by atoms with van der Waals surface area (Å²) in [6, 6.07) is 10.4. The molecule has 0 heterocycles. The maximum atomic E-state index is 12.7. The summed E-state index contributed by atoms with van der Waals surface area (Å²) in [5, 5.41) is 3.13. The molecule has 1 aromatic carbocycles. The minimum atomic E-state index is -0.833. The molecule has 24 heavy (non-hydrogen) atoms. The van der Waals surface area contributed by atoms with Crippen LogP contribution in [0.25, 0.3) is 0 Å². The SMILES string of the molecule is CCOC1CC(N)(C(=O)NCC2(Sc3ccccc3)CC2)C1(C)C. The maximum absolute atomic E-state index is 12.7. The summed E-state index contributed by atoms with van der Waals surface area (Å²) in [7, 11) is 0. The summed E-state index contributed by atoms with van der Waals surface area (Å²) < 4.78 is 5.85. The van der Waals surface area contributed by atoms with Gasteiger partial charge in [0.15, 0.2) is 0 Å². The second kappa shape index (κ2) is 6.36. The molecule has 4 nitrogen and oxygen atoms in total. The number of hydrogen-bond acceptors (Lipinski definition) is 4. The Hall–Kier alpha value is -1.04. The van der Waals surface area contributed by atoms with E-state index in [4.69, 9.17) is 10.5 Å². The van der Waals surface area contributed by atoms with Gasteiger partial charge in [0, 0.05) is 34.6 Å². The number of hydrogen-bond donors (Lipinski definition) is 2. The van der Waals surface area contributed by atoms with Crippen molar-refractivity contribution >= 4 is 17.7 Å². The highest BCUT2D eigenvalue weighted by molar-refractivity contribution is 8.01. The molecule has 132 valence electrons. The molecule has 1 amide bonds. The van der Waals surface area contributed by atoms with Crippen molar-refractivity contribution < 1.29 is 9.53 Å². The van der Waals surface area contributed by atoms with Crippen molar-refractivity contribution in [3.63, 3.8) is 0 Å². The van der Waals surface area contributed by atoms with Gasteiger partial charge in [-0.3, -0.25) is 4.79 Å². The van der Waals surface area contributed by atoms with Crippen molar-refractivity contribution in [1.82, 2.24) is 5.32 Å². The second-order valence-corrected chi connectivity index (χ2v) is 9.16. The maximum Gasteiger partial charge on any atom is 0.240 e. The molecule has 2 atom stereocenters. The second-order valence-electron chi connectivity index (χ2n) is 7.62. The number of carbonyl (C=O) groups excluding carboxylic acids is 1. The predicted molar refractivity (Wildman–Crippen MR) is 98.0 cm³/mol. The molecule has 2 unspecified atom stereocenters. The van der Waals surface area contributed by atoms with Gasteiger partial charge in [0.1, 0.15) is 5.54 Å². The number of carbonyl (C=O) groups is 1. The average Bonchev–Trinajstić information content (AvgIpc) is 3.33. The first kappa shape index (κ1) is 17.8. The number of nitrogens with one attached hydrogen (secondary N) is 1. The van der Waals surface area contributed by atoms with Crippen molar-refractivity contribution in [2.24, 2.45) is 11.1 Å². The molecular weight excluding hydrogens is 320 g/mol. The molecule has 0 bridgehead atoms. The van der Waals surface area contributed by atoms with Crippen LogP contribution in [0.15, 0.2) is 35.2 Å². The van der Waals surface area contributed by atoms with Gasteiger partial charge in [-0.15, -0.1) is 11.8 Å². The van der Waals surface area contributed by atoms with Crippen LogP contribution in [-0.4, -0.2) is 35.4 Å². The van der Waals surface area contributed by atoms with Gasteiger partial charge in [0.2, 0.25) is 5.91 Å². The van der Waals surface area contributed by atoms with E-state index in [-0.39, 0.29) is 22.2 Å². The van der Waals surface area contributed by atoms with Crippen LogP contribution in [0.5, 0.6) is 0 Å². The van der Waals surface area contributed by atoms with Crippen molar-refractivity contribution in [2.45, 2.75) is 61.3 Å². The molecule has 0 aromatic heterocycles. The first-order valence-corrected chi connectivity index (χ1v) is 9.57. The quantitative estimate of drug-likeness (QED) is 0.795. The van der Waals surface area contributed by atoms with Crippen LogP contribution >= 0.6 is 11.8 Å². The van der Waals surface area contributed by atoms with Gasteiger partial charge in [-0.25, -0.2) is 0 Å². The standard InChI is InChI=1S/C19H28N2O2S/c1-4-23-15-12-19(20,17(15,2)3)16(22)21-13-18(10-11-18)24-14-8-6-5-7-9-14/h5-9,15H,4,10-13,20H2,1-3H3,(H,21,22). The number of thioether (sulfide) groups is 1. The summed E-state index contributed by atoms with van der Waals surface area (Å²) in [6.45, 7) is 7.37. The van der Waals surface area contributed by atoms with Gasteiger partial charge in [-0.2, -0.15) is 0 Å². The molecule has 2 aliphatic rings. The molecular formula is C19H28N2O2S. The lowest BCUT2D eigenvalue weighted by atomic mass is 9.54. The zero-order valence-electron chi connectivity index (χ0n) is 14.8. The van der Waals surface area contributed by atoms with Gasteiger partial charge >= 0.3 is 0 Å². The van der Waals surface area contributed by atoms with Crippen LogP contribution in [-0.2, 0) is 9.53 Å². The molecule has 2 saturated carbocycles. The first-order chi connectivity index (χ1) is 11.3. The average molecular weight is 349 g/mol. The number of amides is 1. The summed E-state index contributed by atoms with van der Waals surface area (Å²) in [6.07, 6.45) is 2.93. The van der Waals surface area contributed by atoms with E-state index in [1.807, 2.05) is 38.6 Å². The Kier molecular flexibility index (Phi) is 4.71. The normalized spacial score (nSPS) is 29.6. The lowest BCUT2D eigenvalue weighted by Crippen LogP contribution is -2.76. The third kappa shape index (κ3) is 3.09. The zero-order chi connectivity index (χ0) is 17.4. The lowest BCUT2D eigenvalue weighted by Gasteiger charge is -2.57. The first-order valence-electron chi connectivity index (χ1n) is 8.76. The van der Waals surface area contributed by atoms with Gasteiger partial charge < -0.3 is 15.8 Å². The topological polar surface area (TPSA) is 64.3 Å². The highest BCUT2D eigenvalue weighted by Crippen LogP contribution is 2.52. The van der Waals surface area contributed by atoms with E-state index in [1.165, 1.54) is 4.90 Å². The highest BCUT2D eigenvalue weighted by Gasteiger charge is 2.63. The predicted octanol–water partition coefficient (Wildman–Crippen LogP) is 2.96. The van der Waals surface area contributed by atoms with Gasteiger partial charge in [-0.1, -0.05) is 32.0 Å². The Balaban J connectivity index is 1.56. The summed E-state index contributed by atoms with van der Waals surface area (Å²) in [5.41, 5.74) is 5.28. The Bertz CT molecular complexity index is 601. The largest absolute Gasteiger partial charge is 0.378 e. The molecule has 3 rings (SSSR count). The molecule has 0 spiro atoms. The van der Waals surface area contributed by atoms with Gasteiger partial charge in [-0.05, 0) is 31.9 Å². The highest BCUT2D eigenvalue weighted by atomic mass is 32.2. The molecule has 3 N–H and O–H groups in total. The summed E-state index contributed by atoms with van der Waals surface area (Å²) in [5.74, 6) is -0.0385. The Morgan fingerprint density at radius 1 is 1.33 bits per heavy atom. The van der Waals surface area contributed by atoms with Crippen LogP contribution in [0, 0.1) is 5.41 Å². The van der Waals surface area contributed by atoms with E-state index in [2.05, 4.69) is 29.6 Å². The van der Waals surface area contributed by atoms with E-state index >= 15 is 0 Å². The third-order valence-electron chi connectivity index (χ3n) is 5.69. The van der Waals surface area contributed by atoms with Crippen molar-refractivity contribution in [3.05, 3.63) is 30.3 Å². The van der Waals surface area contributed by atoms with E-state index in [9.17, 15) is 4.79 Å². The fourth-order valence-corrected chi connectivity index (χ4v) is 4.66. The molecule has 5 heteroatoms. The minimum absolute atomic E-state index is 0.0385. The molecule has 2 aliphatic carbocycles. The number of nitrogens with two attached hydrogens (primary N) is 1. The lowest BCUT2D eigenvalue weighted by molar-refractivity contribution is -0.170. The van der Waals surface area contributed by atoms with E-state index in [0.29, 0.717) is 19.6 Å². The van der Waals surface area contributed by atoms with Crippen LogP contribution in [0.2, 0.25) is 0 Å². The Morgan fingerprint density at radius 3 is 2.54 bits per heavy atom. The molecule has 1 aromatic rings. The van der Waals surface area contributed by atoms with Gasteiger partial charge in [0.25, 0.3) is 0 Å². The molecule has 2 fully saturated rings. The molecule has 0 aliphatic heterocycles. The Labute approximate surface area is 148 Å². The molecule has 0 saturated heterocycles. The minimum Gasteiger partial charge on any atom is -0.378 e. The fourth-order valence-electron chi connectivity index (χ4n) is 3.41. The van der Waals surface area contributed by atoms with E-state index in [1.54, 1.807) is 0 Å². The number of ether oxygens (including phenoxy) is 1. The molecule has 0 radical (unpaired) electrons. The van der Waals surface area contributed by atoms with Crippen LogP contribution in [0.3, 0.4) is 0 Å². The van der Waals surface area contributed by atoms with E-state index in [0.717, 1.165) is 12.8 Å². The van der Waals surface area contributed by atoms with Gasteiger partial charge in [0.05, 0.1) is 6.10 Å².